The van der Waals surface area contributed by atoms with Crippen LogP contribution in [-0.4, -0.2) is 60.2 Å². The number of likely N-dealkylation sites (tertiary alicyclic amines) is 1. The second-order valence-electron chi connectivity index (χ2n) is 7.71. The lowest BCUT2D eigenvalue weighted by atomic mass is 9.85. The molecule has 2 aliphatic heterocycles. The first-order valence-corrected chi connectivity index (χ1v) is 9.79. The third-order valence-electron chi connectivity index (χ3n) is 6.01. The Hall–Kier alpha value is -2.47. The van der Waals surface area contributed by atoms with Crippen LogP contribution in [0.1, 0.15) is 18.4 Å². The molecule has 1 aromatic carbocycles. The van der Waals surface area contributed by atoms with E-state index >= 15 is 0 Å². The van der Waals surface area contributed by atoms with Gasteiger partial charge in [-0.1, -0.05) is 42.5 Å². The Morgan fingerprint density at radius 3 is 2.15 bits per heavy atom. The van der Waals surface area contributed by atoms with E-state index in [-0.39, 0.29) is 36.1 Å². The molecule has 0 spiro atoms. The van der Waals surface area contributed by atoms with Crippen molar-refractivity contribution in [2.24, 2.45) is 11.8 Å². The number of benzene rings is 1. The van der Waals surface area contributed by atoms with E-state index in [2.05, 4.69) is 12.1 Å². The van der Waals surface area contributed by atoms with Gasteiger partial charge in [0.15, 0.2) is 0 Å². The second-order valence-corrected chi connectivity index (χ2v) is 7.71. The van der Waals surface area contributed by atoms with Crippen molar-refractivity contribution in [1.82, 2.24) is 9.80 Å². The molecule has 0 radical (unpaired) electrons. The molecule has 0 bridgehead atoms. The van der Waals surface area contributed by atoms with Gasteiger partial charge in [0.05, 0.1) is 38.0 Å². The number of amides is 3. The van der Waals surface area contributed by atoms with E-state index in [4.69, 9.17) is 0 Å². The van der Waals surface area contributed by atoms with E-state index in [0.29, 0.717) is 25.9 Å². The summed E-state index contributed by atoms with van der Waals surface area (Å²) < 4.78 is 0. The zero-order valence-corrected chi connectivity index (χ0v) is 15.5. The van der Waals surface area contributed by atoms with E-state index < -0.39 is 0 Å². The Kier molecular flexibility index (Phi) is 5.07. The highest BCUT2D eigenvalue weighted by molar-refractivity contribution is 6.07. The molecule has 0 saturated carbocycles. The summed E-state index contributed by atoms with van der Waals surface area (Å²) in [5, 5.41) is 0. The largest absolute Gasteiger partial charge is 0.330 e. The number of nitrogens with zero attached hydrogens (tertiary/aromatic N) is 2. The molecule has 3 aliphatic rings. The Morgan fingerprint density at radius 2 is 1.56 bits per heavy atom. The van der Waals surface area contributed by atoms with Crippen LogP contribution in [0.2, 0.25) is 0 Å². The summed E-state index contributed by atoms with van der Waals surface area (Å²) in [6.45, 7) is 3.98. The number of hydrogen-bond acceptors (Lipinski definition) is 3. The molecule has 2 saturated heterocycles. The van der Waals surface area contributed by atoms with Gasteiger partial charge in [-0.05, 0) is 12.8 Å². The number of quaternary nitrogens is 1. The average molecular weight is 368 g/mol. The van der Waals surface area contributed by atoms with Crippen molar-refractivity contribution in [2.75, 3.05) is 32.7 Å². The number of rotatable bonds is 4. The molecule has 1 N–H and O–H groups in total. The molecule has 3 amide bonds. The predicted octanol–water partition coefficient (Wildman–Crippen LogP) is -0.135. The van der Waals surface area contributed by atoms with Gasteiger partial charge in [0.25, 0.3) is 0 Å². The van der Waals surface area contributed by atoms with Crippen molar-refractivity contribution >= 4 is 17.7 Å². The smallest absolute Gasteiger partial charge is 0.243 e. The molecular formula is C21H26N3O3+. The maximum atomic E-state index is 12.7. The minimum atomic E-state index is -0.262. The van der Waals surface area contributed by atoms with Gasteiger partial charge in [0.2, 0.25) is 17.7 Å². The summed E-state index contributed by atoms with van der Waals surface area (Å²) in [4.78, 5) is 42.2. The fourth-order valence-corrected chi connectivity index (χ4v) is 4.39. The Morgan fingerprint density at radius 1 is 0.963 bits per heavy atom. The first-order chi connectivity index (χ1) is 13.1. The zero-order chi connectivity index (χ0) is 18.8. The number of hydrogen-bond donors (Lipinski definition) is 1. The van der Waals surface area contributed by atoms with Crippen LogP contribution in [0.15, 0.2) is 42.5 Å². The molecule has 2 heterocycles. The monoisotopic (exact) mass is 368 g/mol. The second kappa shape index (κ2) is 7.64. The van der Waals surface area contributed by atoms with Crippen LogP contribution in [0.5, 0.6) is 0 Å². The van der Waals surface area contributed by atoms with Crippen LogP contribution < -0.4 is 4.90 Å². The zero-order valence-electron chi connectivity index (χ0n) is 15.5. The van der Waals surface area contributed by atoms with Gasteiger partial charge in [-0.3, -0.25) is 19.3 Å². The van der Waals surface area contributed by atoms with Gasteiger partial charge in [-0.25, -0.2) is 0 Å². The lowest BCUT2D eigenvalue weighted by Gasteiger charge is -2.33. The number of fused-ring (bicyclic) bond motifs is 1. The third kappa shape index (κ3) is 3.67. The molecule has 6 heteroatoms. The van der Waals surface area contributed by atoms with Gasteiger partial charge in [0.1, 0.15) is 13.1 Å². The topological polar surface area (TPSA) is 62.1 Å². The lowest BCUT2D eigenvalue weighted by molar-refractivity contribution is -0.917. The highest BCUT2D eigenvalue weighted by Gasteiger charge is 2.48. The van der Waals surface area contributed by atoms with Crippen molar-refractivity contribution < 1.29 is 19.3 Å². The quantitative estimate of drug-likeness (QED) is 0.595. The number of carbonyl (C=O) groups excluding carboxylic acids is 3. The van der Waals surface area contributed by atoms with Crippen LogP contribution in [-0.2, 0) is 20.9 Å². The molecule has 142 valence electrons. The molecule has 0 aromatic heterocycles. The highest BCUT2D eigenvalue weighted by Crippen LogP contribution is 2.34. The number of piperazine rings is 1. The first-order valence-electron chi connectivity index (χ1n) is 9.79. The highest BCUT2D eigenvalue weighted by atomic mass is 16.2. The van der Waals surface area contributed by atoms with E-state index in [1.54, 1.807) is 4.90 Å². The van der Waals surface area contributed by atoms with E-state index in [9.17, 15) is 14.4 Å². The van der Waals surface area contributed by atoms with Gasteiger partial charge in [-0.2, -0.15) is 0 Å². The maximum Gasteiger partial charge on any atom is 0.243 e. The molecule has 1 aliphatic carbocycles. The Balaban J connectivity index is 1.30. The van der Waals surface area contributed by atoms with Crippen LogP contribution >= 0.6 is 0 Å². The van der Waals surface area contributed by atoms with Crippen LogP contribution in [0.25, 0.3) is 0 Å². The molecular weight excluding hydrogens is 342 g/mol. The lowest BCUT2D eigenvalue weighted by Crippen LogP contribution is -3.13. The SMILES string of the molecule is O=C(CN1C(=O)[C@@H]2CC=CC[C@H]2C1=O)N1CC[NH+](Cc2ccccc2)CC1. The molecule has 0 unspecified atom stereocenters. The minimum Gasteiger partial charge on any atom is -0.330 e. The average Bonchev–Trinajstić information content (AvgIpc) is 2.94. The summed E-state index contributed by atoms with van der Waals surface area (Å²) in [6.07, 6.45) is 5.15. The van der Waals surface area contributed by atoms with E-state index in [1.165, 1.54) is 15.4 Å². The first kappa shape index (κ1) is 17.9. The van der Waals surface area contributed by atoms with Gasteiger partial charge >= 0.3 is 0 Å². The van der Waals surface area contributed by atoms with E-state index in [1.807, 2.05) is 30.4 Å². The van der Waals surface area contributed by atoms with E-state index in [0.717, 1.165) is 19.6 Å². The molecule has 2 fully saturated rings. The van der Waals surface area contributed by atoms with Gasteiger partial charge in [0, 0.05) is 5.56 Å². The summed E-state index contributed by atoms with van der Waals surface area (Å²) in [6, 6.07) is 10.4. The summed E-state index contributed by atoms with van der Waals surface area (Å²) in [5.74, 6) is -0.973. The fraction of sp³-hybridized carbons (Fsp3) is 0.476. The summed E-state index contributed by atoms with van der Waals surface area (Å²) in [7, 11) is 0. The van der Waals surface area contributed by atoms with Crippen LogP contribution in [0, 0.1) is 11.8 Å². The van der Waals surface area contributed by atoms with Crippen molar-refractivity contribution in [2.45, 2.75) is 19.4 Å². The van der Waals surface area contributed by atoms with Gasteiger partial charge in [-0.15, -0.1) is 0 Å². The third-order valence-corrected chi connectivity index (χ3v) is 6.01. The van der Waals surface area contributed by atoms with Crippen molar-refractivity contribution in [3.8, 4) is 0 Å². The number of nitrogens with one attached hydrogen (secondary N) is 1. The van der Waals surface area contributed by atoms with Gasteiger partial charge < -0.3 is 9.80 Å². The van der Waals surface area contributed by atoms with Crippen molar-refractivity contribution in [1.29, 1.82) is 0 Å². The minimum absolute atomic E-state index is 0.0985. The molecule has 1 aromatic rings. The Bertz CT molecular complexity index is 727. The predicted molar refractivity (Wildman–Crippen MR) is 99.5 cm³/mol. The normalized spacial score (nSPS) is 25.8. The summed E-state index contributed by atoms with van der Waals surface area (Å²) >= 11 is 0. The fourth-order valence-electron chi connectivity index (χ4n) is 4.39. The van der Waals surface area contributed by atoms with Crippen molar-refractivity contribution in [3.05, 3.63) is 48.0 Å². The summed E-state index contributed by atoms with van der Waals surface area (Å²) in [5.41, 5.74) is 1.30. The van der Waals surface area contributed by atoms with Crippen LogP contribution in [0.4, 0.5) is 0 Å². The maximum absolute atomic E-state index is 12.7. The molecule has 27 heavy (non-hydrogen) atoms. The standard InChI is InChI=1S/C21H25N3O3/c25-19(15-24-20(26)17-8-4-5-9-18(17)21(24)27)23-12-10-22(11-13-23)14-16-6-2-1-3-7-16/h1-7,17-18H,8-15H2/p+1/t17-,18-/m1/s1. The molecule has 6 nitrogen and oxygen atoms in total. The Labute approximate surface area is 159 Å². The number of carbonyl (C=O) groups is 3. The van der Waals surface area contributed by atoms with Crippen LogP contribution in [0.3, 0.4) is 0 Å². The number of allylic oxidation sites excluding steroid dienone is 2. The van der Waals surface area contributed by atoms with Crippen molar-refractivity contribution in [3.63, 3.8) is 0 Å². The number of imide groups is 1. The molecule has 4 rings (SSSR count). The molecule has 2 atom stereocenters.